The average Bonchev–Trinajstić information content (AvgIpc) is 2.72. The number of rotatable bonds is 5. The van der Waals surface area contributed by atoms with Gasteiger partial charge in [-0.15, -0.1) is 0 Å². The van der Waals surface area contributed by atoms with Crippen molar-refractivity contribution in [2.75, 3.05) is 13.7 Å². The standard InChI is InChI=1S/C12H15ClN2O2/c1-16-6-2-3-9(14)12-15-10-7-8(13)4-5-11(10)17-12/h4-5,7,9H,2-3,6,14H2,1H3. The Morgan fingerprint density at radius 1 is 1.53 bits per heavy atom. The monoisotopic (exact) mass is 254 g/mol. The molecule has 0 amide bonds. The van der Waals surface area contributed by atoms with E-state index in [0.717, 1.165) is 18.4 Å². The maximum Gasteiger partial charge on any atom is 0.212 e. The highest BCUT2D eigenvalue weighted by molar-refractivity contribution is 6.31. The molecule has 2 aromatic rings. The number of benzene rings is 1. The molecule has 0 radical (unpaired) electrons. The predicted molar refractivity (Wildman–Crippen MR) is 67.1 cm³/mol. The van der Waals surface area contributed by atoms with Gasteiger partial charge in [0.2, 0.25) is 5.89 Å². The van der Waals surface area contributed by atoms with E-state index in [2.05, 4.69) is 4.98 Å². The maximum absolute atomic E-state index is 5.99. The number of nitrogens with two attached hydrogens (primary N) is 1. The third-order valence-corrected chi connectivity index (χ3v) is 2.78. The Morgan fingerprint density at radius 2 is 2.35 bits per heavy atom. The summed E-state index contributed by atoms with van der Waals surface area (Å²) in [5.74, 6) is 0.554. The Hall–Kier alpha value is -1.10. The Balaban J connectivity index is 2.12. The molecule has 0 fully saturated rings. The third kappa shape index (κ3) is 2.97. The van der Waals surface area contributed by atoms with Crippen molar-refractivity contribution in [3.8, 4) is 0 Å². The number of fused-ring (bicyclic) bond motifs is 1. The molecule has 17 heavy (non-hydrogen) atoms. The fourth-order valence-electron chi connectivity index (χ4n) is 1.65. The second-order valence-corrected chi connectivity index (χ2v) is 4.34. The first-order valence-corrected chi connectivity index (χ1v) is 5.89. The van der Waals surface area contributed by atoms with Gasteiger partial charge in [-0.05, 0) is 31.0 Å². The van der Waals surface area contributed by atoms with Gasteiger partial charge in [-0.1, -0.05) is 11.6 Å². The Labute approximate surface area is 105 Å². The highest BCUT2D eigenvalue weighted by Crippen LogP contribution is 2.23. The van der Waals surface area contributed by atoms with Crippen molar-refractivity contribution in [3.63, 3.8) is 0 Å². The van der Waals surface area contributed by atoms with Crippen LogP contribution in [0.4, 0.5) is 0 Å². The van der Waals surface area contributed by atoms with Gasteiger partial charge in [-0.2, -0.15) is 0 Å². The molecule has 2 N–H and O–H groups in total. The van der Waals surface area contributed by atoms with Crippen LogP contribution in [-0.4, -0.2) is 18.7 Å². The van der Waals surface area contributed by atoms with Crippen molar-refractivity contribution >= 4 is 22.7 Å². The quantitative estimate of drug-likeness (QED) is 0.834. The number of hydrogen-bond acceptors (Lipinski definition) is 4. The summed E-state index contributed by atoms with van der Waals surface area (Å²) in [7, 11) is 1.67. The lowest BCUT2D eigenvalue weighted by molar-refractivity contribution is 0.189. The summed E-state index contributed by atoms with van der Waals surface area (Å²) in [6, 6.07) is 5.15. The molecule has 1 aromatic carbocycles. The molecule has 5 heteroatoms. The molecule has 0 aliphatic rings. The number of oxazole rings is 1. The van der Waals surface area contributed by atoms with E-state index in [0.29, 0.717) is 23.1 Å². The van der Waals surface area contributed by atoms with Crippen molar-refractivity contribution in [2.45, 2.75) is 18.9 Å². The Bertz CT molecular complexity index is 498. The molecule has 0 aliphatic carbocycles. The molecule has 1 unspecified atom stereocenters. The summed E-state index contributed by atoms with van der Waals surface area (Å²) in [4.78, 5) is 4.34. The fraction of sp³-hybridized carbons (Fsp3) is 0.417. The van der Waals surface area contributed by atoms with Crippen LogP contribution in [0.3, 0.4) is 0 Å². The molecule has 92 valence electrons. The molecule has 1 atom stereocenters. The van der Waals surface area contributed by atoms with E-state index in [9.17, 15) is 0 Å². The van der Waals surface area contributed by atoms with Crippen LogP contribution in [-0.2, 0) is 4.74 Å². The molecule has 0 aliphatic heterocycles. The number of halogens is 1. The lowest BCUT2D eigenvalue weighted by Gasteiger charge is -2.05. The molecule has 4 nitrogen and oxygen atoms in total. The van der Waals surface area contributed by atoms with Crippen LogP contribution >= 0.6 is 11.6 Å². The first-order valence-electron chi connectivity index (χ1n) is 5.51. The van der Waals surface area contributed by atoms with E-state index >= 15 is 0 Å². The fourth-order valence-corrected chi connectivity index (χ4v) is 1.81. The summed E-state index contributed by atoms with van der Waals surface area (Å²) in [5, 5.41) is 0.644. The Kier molecular flexibility index (Phi) is 3.99. The van der Waals surface area contributed by atoms with Gasteiger partial charge >= 0.3 is 0 Å². The summed E-state index contributed by atoms with van der Waals surface area (Å²) >= 11 is 5.88. The molecular formula is C12H15ClN2O2. The highest BCUT2D eigenvalue weighted by Gasteiger charge is 2.13. The van der Waals surface area contributed by atoms with Crippen LogP contribution in [0.1, 0.15) is 24.8 Å². The van der Waals surface area contributed by atoms with Crippen LogP contribution in [0.2, 0.25) is 5.02 Å². The van der Waals surface area contributed by atoms with E-state index in [1.807, 2.05) is 0 Å². The van der Waals surface area contributed by atoms with Gasteiger partial charge in [-0.3, -0.25) is 0 Å². The Morgan fingerprint density at radius 3 is 3.12 bits per heavy atom. The maximum atomic E-state index is 5.99. The molecule has 1 heterocycles. The van der Waals surface area contributed by atoms with E-state index in [-0.39, 0.29) is 6.04 Å². The molecular weight excluding hydrogens is 240 g/mol. The zero-order valence-corrected chi connectivity index (χ0v) is 10.4. The van der Waals surface area contributed by atoms with E-state index < -0.39 is 0 Å². The van der Waals surface area contributed by atoms with Gasteiger partial charge < -0.3 is 14.9 Å². The molecule has 0 saturated heterocycles. The van der Waals surface area contributed by atoms with E-state index in [1.54, 1.807) is 25.3 Å². The average molecular weight is 255 g/mol. The van der Waals surface area contributed by atoms with Crippen LogP contribution in [0.15, 0.2) is 22.6 Å². The topological polar surface area (TPSA) is 61.3 Å². The zero-order chi connectivity index (χ0) is 12.3. The lowest BCUT2D eigenvalue weighted by Crippen LogP contribution is -2.11. The van der Waals surface area contributed by atoms with Crippen molar-refractivity contribution in [2.24, 2.45) is 5.73 Å². The van der Waals surface area contributed by atoms with Crippen molar-refractivity contribution in [1.29, 1.82) is 0 Å². The number of ether oxygens (including phenoxy) is 1. The second kappa shape index (κ2) is 5.49. The number of methoxy groups -OCH3 is 1. The minimum absolute atomic E-state index is 0.198. The van der Waals surface area contributed by atoms with Crippen molar-refractivity contribution in [3.05, 3.63) is 29.1 Å². The minimum Gasteiger partial charge on any atom is -0.439 e. The lowest BCUT2D eigenvalue weighted by atomic mass is 10.2. The van der Waals surface area contributed by atoms with Gasteiger partial charge in [0.15, 0.2) is 5.58 Å². The largest absolute Gasteiger partial charge is 0.439 e. The van der Waals surface area contributed by atoms with Crippen LogP contribution in [0, 0.1) is 0 Å². The number of hydrogen-bond donors (Lipinski definition) is 1. The van der Waals surface area contributed by atoms with Gasteiger partial charge in [0.05, 0.1) is 6.04 Å². The van der Waals surface area contributed by atoms with Crippen LogP contribution in [0.25, 0.3) is 11.1 Å². The summed E-state index contributed by atoms with van der Waals surface area (Å²) < 4.78 is 10.6. The number of aromatic nitrogens is 1. The molecule has 0 saturated carbocycles. The van der Waals surface area contributed by atoms with Crippen molar-refractivity contribution < 1.29 is 9.15 Å². The number of nitrogens with zero attached hydrogens (tertiary/aromatic N) is 1. The zero-order valence-electron chi connectivity index (χ0n) is 9.65. The first-order chi connectivity index (χ1) is 8.20. The summed E-state index contributed by atoms with van der Waals surface area (Å²) in [5.41, 5.74) is 7.45. The van der Waals surface area contributed by atoms with Gasteiger partial charge in [0.25, 0.3) is 0 Å². The summed E-state index contributed by atoms with van der Waals surface area (Å²) in [6.07, 6.45) is 1.67. The second-order valence-electron chi connectivity index (χ2n) is 3.91. The van der Waals surface area contributed by atoms with Crippen molar-refractivity contribution in [1.82, 2.24) is 4.98 Å². The SMILES string of the molecule is COCCCC(N)c1nc2cc(Cl)ccc2o1. The molecule has 0 bridgehead atoms. The summed E-state index contributed by atoms with van der Waals surface area (Å²) in [6.45, 7) is 0.694. The normalized spacial score (nSPS) is 13.1. The smallest absolute Gasteiger partial charge is 0.212 e. The van der Waals surface area contributed by atoms with Crippen LogP contribution in [0.5, 0.6) is 0 Å². The van der Waals surface area contributed by atoms with Gasteiger partial charge in [0, 0.05) is 18.7 Å². The minimum atomic E-state index is -0.198. The predicted octanol–water partition coefficient (Wildman–Crippen LogP) is 2.91. The molecule has 2 rings (SSSR count). The van der Waals surface area contributed by atoms with Gasteiger partial charge in [0.1, 0.15) is 5.52 Å². The first kappa shape index (κ1) is 12.4. The van der Waals surface area contributed by atoms with Gasteiger partial charge in [-0.25, -0.2) is 4.98 Å². The van der Waals surface area contributed by atoms with E-state index in [1.165, 1.54) is 0 Å². The van der Waals surface area contributed by atoms with Crippen LogP contribution < -0.4 is 5.73 Å². The molecule has 1 aromatic heterocycles. The highest BCUT2D eigenvalue weighted by atomic mass is 35.5. The van der Waals surface area contributed by atoms with E-state index in [4.69, 9.17) is 26.5 Å². The molecule has 0 spiro atoms. The third-order valence-electron chi connectivity index (χ3n) is 2.55.